The van der Waals surface area contributed by atoms with Crippen molar-refractivity contribution in [2.45, 2.75) is 142 Å². The summed E-state index contributed by atoms with van der Waals surface area (Å²) in [6.45, 7) is 24.5. The van der Waals surface area contributed by atoms with Crippen molar-refractivity contribution in [3.8, 4) is 22.3 Å². The van der Waals surface area contributed by atoms with Gasteiger partial charge in [0.25, 0.3) is 11.8 Å². The van der Waals surface area contributed by atoms with E-state index in [2.05, 4.69) is 106 Å². The molecular formula is C66H82BrClN12O6Si2. The number of anilines is 2. The van der Waals surface area contributed by atoms with Crippen LogP contribution in [0.25, 0.3) is 22.3 Å². The predicted octanol–water partition coefficient (Wildman–Crippen LogP) is 12.8. The minimum absolute atomic E-state index is 0.164. The number of carbonyl (C=O) groups excluding carboxylic acids is 4. The maximum absolute atomic E-state index is 13.9. The quantitative estimate of drug-likeness (QED) is 0.0373. The monoisotopic (exact) mass is 1310 g/mol. The van der Waals surface area contributed by atoms with E-state index in [-0.39, 0.29) is 35.5 Å². The fraction of sp³-hybridized carbons (Fsp3) is 0.394. The van der Waals surface area contributed by atoms with Gasteiger partial charge in [-0.3, -0.25) is 28.5 Å². The van der Waals surface area contributed by atoms with Crippen LogP contribution in [0, 0.1) is 27.7 Å². The van der Waals surface area contributed by atoms with E-state index in [9.17, 15) is 19.2 Å². The highest BCUT2D eigenvalue weighted by Gasteiger charge is 2.38. The van der Waals surface area contributed by atoms with Crippen molar-refractivity contribution >= 4 is 78.7 Å². The summed E-state index contributed by atoms with van der Waals surface area (Å²) in [7, 11) is 1.10. The molecule has 0 radical (unpaired) electrons. The zero-order valence-electron chi connectivity index (χ0n) is 52.6. The number of aryl methyl sites for hydroxylation is 6. The molecule has 2 aliphatic carbocycles. The average molecular weight is 1310 g/mol. The van der Waals surface area contributed by atoms with E-state index in [1.165, 1.54) is 14.9 Å². The first kappa shape index (κ1) is 65.2. The maximum atomic E-state index is 13.9. The first-order chi connectivity index (χ1) is 41.8. The van der Waals surface area contributed by atoms with Gasteiger partial charge in [-0.25, -0.2) is 9.36 Å². The fourth-order valence-corrected chi connectivity index (χ4v) is 13.7. The minimum Gasteiger partial charge on any atom is -0.360 e. The van der Waals surface area contributed by atoms with Crippen LogP contribution in [0.2, 0.25) is 56.4 Å². The molecule has 8 aromatic rings. The molecule has 0 aliphatic heterocycles. The van der Waals surface area contributed by atoms with Crippen LogP contribution in [0.4, 0.5) is 11.4 Å². The number of nitrogens with zero attached hydrogens (tertiary/aromatic N) is 8. The molecule has 0 bridgehead atoms. The van der Waals surface area contributed by atoms with E-state index in [4.69, 9.17) is 31.3 Å². The van der Waals surface area contributed by atoms with Gasteiger partial charge < -0.3 is 30.7 Å². The average Bonchev–Trinajstić information content (AvgIpc) is 4.21. The molecule has 4 aromatic heterocycles. The molecule has 4 atom stereocenters. The Morgan fingerprint density at radius 2 is 1.00 bits per heavy atom. The highest BCUT2D eigenvalue weighted by Crippen LogP contribution is 2.40. The topological polar surface area (TPSA) is 206 Å². The number of amides is 4. The lowest BCUT2D eigenvalue weighted by Gasteiger charge is -2.25. The summed E-state index contributed by atoms with van der Waals surface area (Å²) in [6, 6.07) is 31.4. The summed E-state index contributed by atoms with van der Waals surface area (Å²) in [4.78, 5) is 54.2. The van der Waals surface area contributed by atoms with E-state index in [1.54, 1.807) is 38.6 Å². The third-order valence-corrected chi connectivity index (χ3v) is 20.7. The van der Waals surface area contributed by atoms with Crippen LogP contribution < -0.4 is 21.3 Å². The van der Waals surface area contributed by atoms with Crippen LogP contribution in [0.1, 0.15) is 90.7 Å². The standard InChI is InChI=1S/C33H41BrN6O3Si.C33H41ClN6O3Si/c2*1-21-30(22(2)40(38-21)20-43-17-18-44(4,5)6)24-8-12-26(13-9-24)36-33(42)31(37-32(41)29-15-16-35-39(29)3)27-14-10-23-7-11-25(34)19-28(23)27/h2*7-9,11-13,15-16,19,27,31H,10,14,17-18,20H2,1-6H3,(H,36,42)(H,37,41)/t2*27-,31+/m11/s1. The summed E-state index contributed by atoms with van der Waals surface area (Å²) in [5, 5.41) is 30.4. The van der Waals surface area contributed by atoms with Gasteiger partial charge in [-0.2, -0.15) is 20.4 Å². The third-order valence-electron chi connectivity index (χ3n) is 16.6. The summed E-state index contributed by atoms with van der Waals surface area (Å²) in [5.74, 6) is -1.63. The molecule has 88 heavy (non-hydrogen) atoms. The molecule has 4 heterocycles. The summed E-state index contributed by atoms with van der Waals surface area (Å²) >= 11 is 9.91. The molecule has 22 heteroatoms. The molecule has 2 aliphatic rings. The van der Waals surface area contributed by atoms with Gasteiger partial charge >= 0.3 is 0 Å². The largest absolute Gasteiger partial charge is 0.360 e. The van der Waals surface area contributed by atoms with Crippen molar-refractivity contribution < 1.29 is 28.7 Å². The number of hydrogen-bond donors (Lipinski definition) is 4. The Labute approximate surface area is 531 Å². The Kier molecular flexibility index (Phi) is 20.8. The van der Waals surface area contributed by atoms with E-state index < -0.39 is 28.2 Å². The molecule has 18 nitrogen and oxygen atoms in total. The van der Waals surface area contributed by atoms with Crippen molar-refractivity contribution in [1.82, 2.24) is 49.8 Å². The number of hydrogen-bond acceptors (Lipinski definition) is 10. The molecule has 0 fully saturated rings. The van der Waals surface area contributed by atoms with Gasteiger partial charge in [0, 0.05) is 111 Å². The van der Waals surface area contributed by atoms with Crippen molar-refractivity contribution in [3.63, 3.8) is 0 Å². The second kappa shape index (κ2) is 28.0. The molecule has 0 saturated heterocycles. The summed E-state index contributed by atoms with van der Waals surface area (Å²) < 4.78 is 19.7. The highest BCUT2D eigenvalue weighted by molar-refractivity contribution is 9.10. The summed E-state index contributed by atoms with van der Waals surface area (Å²) in [6.07, 6.45) is 6.28. The van der Waals surface area contributed by atoms with Crippen LogP contribution in [-0.4, -0.2) is 104 Å². The maximum Gasteiger partial charge on any atom is 0.270 e. The van der Waals surface area contributed by atoms with Gasteiger partial charge in [0.05, 0.1) is 11.4 Å². The molecule has 0 spiro atoms. The number of carbonyl (C=O) groups is 4. The van der Waals surface area contributed by atoms with E-state index in [1.807, 2.05) is 103 Å². The number of fused-ring (bicyclic) bond motifs is 2. The first-order valence-electron chi connectivity index (χ1n) is 30.0. The zero-order chi connectivity index (χ0) is 63.2. The Balaban J connectivity index is 0.000000209. The molecule has 4 amide bonds. The van der Waals surface area contributed by atoms with Gasteiger partial charge in [-0.15, -0.1) is 0 Å². The molecule has 0 unspecified atom stereocenters. The third kappa shape index (κ3) is 15.9. The van der Waals surface area contributed by atoms with Gasteiger partial charge in [0.2, 0.25) is 11.8 Å². The normalized spacial score (nSPS) is 15.2. The van der Waals surface area contributed by atoms with Gasteiger partial charge in [0.15, 0.2) is 0 Å². The van der Waals surface area contributed by atoms with Crippen LogP contribution >= 0.6 is 27.5 Å². The summed E-state index contributed by atoms with van der Waals surface area (Å²) in [5.41, 5.74) is 14.5. The number of rotatable bonds is 22. The zero-order valence-corrected chi connectivity index (χ0v) is 56.9. The van der Waals surface area contributed by atoms with Crippen molar-refractivity contribution in [2.24, 2.45) is 14.1 Å². The van der Waals surface area contributed by atoms with Crippen LogP contribution in [0.3, 0.4) is 0 Å². The van der Waals surface area contributed by atoms with Crippen molar-refractivity contribution in [2.75, 3.05) is 23.8 Å². The highest BCUT2D eigenvalue weighted by atomic mass is 79.9. The first-order valence-corrected chi connectivity index (χ1v) is 38.6. The van der Waals surface area contributed by atoms with Gasteiger partial charge in [0.1, 0.15) is 36.9 Å². The number of nitrogens with one attached hydrogen (secondary N) is 4. The molecule has 464 valence electrons. The number of halogens is 2. The number of benzene rings is 4. The SMILES string of the molecule is Cc1nn(COCC[Si](C)(C)C)c(C)c1-c1ccc(NC(=O)[C@@H](NC(=O)c2ccnn2C)[C@@H]2CCc3ccc(Br)cc32)cc1.Cc1nn(COCC[Si](C)(C)C)c(C)c1-c1ccc(NC(=O)[C@@H](NC(=O)c2ccnn2C)[C@@H]2CCc3ccc(Cl)cc32)cc1. The molecule has 10 rings (SSSR count). The van der Waals surface area contributed by atoms with Crippen molar-refractivity contribution in [1.29, 1.82) is 0 Å². The molecule has 0 saturated carbocycles. The molecule has 4 aromatic carbocycles. The second-order valence-electron chi connectivity index (χ2n) is 25.5. The van der Waals surface area contributed by atoms with Crippen molar-refractivity contribution in [3.05, 3.63) is 175 Å². The van der Waals surface area contributed by atoms with E-state index >= 15 is 0 Å². The second-order valence-corrected chi connectivity index (χ2v) is 38.1. The Morgan fingerprint density at radius 3 is 1.40 bits per heavy atom. The molecular weight excluding hydrogens is 1230 g/mol. The number of ether oxygens (including phenoxy) is 2. The Morgan fingerprint density at radius 1 is 0.591 bits per heavy atom. The lowest BCUT2D eigenvalue weighted by molar-refractivity contribution is -0.119. The smallest absolute Gasteiger partial charge is 0.270 e. The lowest BCUT2D eigenvalue weighted by atomic mass is 9.92. The van der Waals surface area contributed by atoms with E-state index in [0.29, 0.717) is 41.2 Å². The van der Waals surface area contributed by atoms with Gasteiger partial charge in [-0.05, 0) is 160 Å². The fourth-order valence-electron chi connectivity index (χ4n) is 11.6. The van der Waals surface area contributed by atoms with Crippen LogP contribution in [0.15, 0.2) is 114 Å². The predicted molar refractivity (Wildman–Crippen MR) is 356 cm³/mol. The van der Waals surface area contributed by atoms with Gasteiger partial charge in [-0.1, -0.05) is 103 Å². The Hall–Kier alpha value is -7.28. The molecule has 4 N–H and O–H groups in total. The lowest BCUT2D eigenvalue weighted by Crippen LogP contribution is -2.47. The van der Waals surface area contributed by atoms with E-state index in [0.717, 1.165) is 117 Å². The van der Waals surface area contributed by atoms with Crippen LogP contribution in [0.5, 0.6) is 0 Å². The van der Waals surface area contributed by atoms with Crippen LogP contribution in [-0.2, 0) is 59.5 Å². The Bertz CT molecular complexity index is 3560. The number of aromatic nitrogens is 8. The minimum atomic E-state index is -1.15.